The molecule has 2 rings (SSSR count). The lowest BCUT2D eigenvalue weighted by molar-refractivity contribution is -0.145. The molecule has 0 aromatic heterocycles. The zero-order valence-electron chi connectivity index (χ0n) is 17.1. The molecule has 3 atom stereocenters. The molecule has 2 heteroatoms. The maximum absolute atomic E-state index is 12.3. The Bertz CT molecular complexity index is 676. The largest absolute Gasteiger partial charge is 0.481 e. The minimum absolute atomic E-state index is 0.159. The van der Waals surface area contributed by atoms with Gasteiger partial charge in [0.1, 0.15) is 0 Å². The molecule has 2 aromatic carbocycles. The zero-order valence-corrected chi connectivity index (χ0v) is 17.1. The molecule has 0 bridgehead atoms. The number of carbonyl (C=O) groups is 1. The molecule has 3 unspecified atom stereocenters. The average molecular weight is 367 g/mol. The maximum Gasteiger partial charge on any atom is 0.307 e. The highest BCUT2D eigenvalue weighted by Gasteiger charge is 2.37. The quantitative estimate of drug-likeness (QED) is 0.551. The normalized spacial score (nSPS) is 14.9. The molecular formula is C25H34O2. The molecule has 2 nitrogen and oxygen atoms in total. The fraction of sp³-hybridized carbons (Fsp3) is 0.480. The van der Waals surface area contributed by atoms with Crippen LogP contribution < -0.4 is 0 Å². The molecule has 0 aliphatic rings. The first kappa shape index (κ1) is 21.2. The van der Waals surface area contributed by atoms with E-state index in [4.69, 9.17) is 0 Å². The maximum atomic E-state index is 12.3. The number of benzene rings is 2. The standard InChI is InChI=1S/C25H34O2/c1-18(2)22(16-15-20-11-7-5-8-12-20)24(19(3)4)23(25(26)27)17-21-13-9-6-10-14-21/h5-14,18-19,22-24H,15-17H2,1-4H3,(H,26,27). The Labute approximate surface area is 164 Å². The van der Waals surface area contributed by atoms with Gasteiger partial charge in [-0.3, -0.25) is 4.79 Å². The van der Waals surface area contributed by atoms with Crippen LogP contribution in [-0.4, -0.2) is 11.1 Å². The van der Waals surface area contributed by atoms with Gasteiger partial charge in [-0.15, -0.1) is 0 Å². The molecule has 1 N–H and O–H groups in total. The molecule has 0 spiro atoms. The summed E-state index contributed by atoms with van der Waals surface area (Å²) in [6.45, 7) is 8.85. The summed E-state index contributed by atoms with van der Waals surface area (Å²) in [5.74, 6) is 0.316. The summed E-state index contributed by atoms with van der Waals surface area (Å²) in [7, 11) is 0. The predicted octanol–water partition coefficient (Wildman–Crippen LogP) is 6.11. The summed E-state index contributed by atoms with van der Waals surface area (Å²) in [4.78, 5) is 12.3. The molecule has 0 aliphatic heterocycles. The van der Waals surface area contributed by atoms with Crippen molar-refractivity contribution in [2.45, 2.75) is 47.0 Å². The van der Waals surface area contributed by atoms with Crippen molar-refractivity contribution in [2.24, 2.45) is 29.6 Å². The first-order valence-corrected chi connectivity index (χ1v) is 10.2. The highest BCUT2D eigenvalue weighted by molar-refractivity contribution is 5.71. The number of carboxylic acids is 1. The minimum atomic E-state index is -0.664. The average Bonchev–Trinajstić information content (AvgIpc) is 2.64. The Morgan fingerprint density at radius 2 is 1.33 bits per heavy atom. The highest BCUT2D eigenvalue weighted by atomic mass is 16.4. The van der Waals surface area contributed by atoms with Gasteiger partial charge < -0.3 is 5.11 Å². The third-order valence-corrected chi connectivity index (χ3v) is 5.81. The molecule has 0 saturated carbocycles. The Morgan fingerprint density at radius 3 is 1.78 bits per heavy atom. The number of hydrogen-bond acceptors (Lipinski definition) is 1. The Hall–Kier alpha value is -2.09. The minimum Gasteiger partial charge on any atom is -0.481 e. The molecule has 27 heavy (non-hydrogen) atoms. The molecule has 0 aliphatic carbocycles. The first-order valence-electron chi connectivity index (χ1n) is 10.2. The third kappa shape index (κ3) is 6.23. The molecule has 0 fully saturated rings. The lowest BCUT2D eigenvalue weighted by atomic mass is 9.67. The van der Waals surface area contributed by atoms with Gasteiger partial charge in [0.2, 0.25) is 0 Å². The first-order chi connectivity index (χ1) is 12.9. The Kier molecular flexibility index (Phi) is 8.09. The lowest BCUT2D eigenvalue weighted by Crippen LogP contribution is -2.37. The highest BCUT2D eigenvalue weighted by Crippen LogP contribution is 2.38. The third-order valence-electron chi connectivity index (χ3n) is 5.81. The molecule has 0 amide bonds. The van der Waals surface area contributed by atoms with Gasteiger partial charge in [-0.25, -0.2) is 0 Å². The second kappa shape index (κ2) is 10.3. The van der Waals surface area contributed by atoms with Crippen LogP contribution in [0.1, 0.15) is 45.2 Å². The summed E-state index contributed by atoms with van der Waals surface area (Å²) in [6, 6.07) is 20.6. The van der Waals surface area contributed by atoms with E-state index in [1.807, 2.05) is 36.4 Å². The number of aryl methyl sites for hydroxylation is 1. The molecule has 0 saturated heterocycles. The van der Waals surface area contributed by atoms with Gasteiger partial charge >= 0.3 is 5.97 Å². The van der Waals surface area contributed by atoms with Crippen LogP contribution in [0.25, 0.3) is 0 Å². The fourth-order valence-electron chi connectivity index (χ4n) is 4.46. The van der Waals surface area contributed by atoms with Crippen LogP contribution in [0.3, 0.4) is 0 Å². The summed E-state index contributed by atoms with van der Waals surface area (Å²) in [6.07, 6.45) is 2.64. The van der Waals surface area contributed by atoms with Crippen LogP contribution in [0.5, 0.6) is 0 Å². The summed E-state index contributed by atoms with van der Waals surface area (Å²) in [5.41, 5.74) is 2.45. The summed E-state index contributed by atoms with van der Waals surface area (Å²) >= 11 is 0. The van der Waals surface area contributed by atoms with E-state index in [1.165, 1.54) is 5.56 Å². The van der Waals surface area contributed by atoms with E-state index in [-0.39, 0.29) is 11.8 Å². The molecule has 0 radical (unpaired) electrons. The van der Waals surface area contributed by atoms with E-state index >= 15 is 0 Å². The van der Waals surface area contributed by atoms with Crippen molar-refractivity contribution < 1.29 is 9.90 Å². The second-order valence-corrected chi connectivity index (χ2v) is 8.39. The Balaban J connectivity index is 2.24. The van der Waals surface area contributed by atoms with Crippen LogP contribution in [0.4, 0.5) is 0 Å². The van der Waals surface area contributed by atoms with Crippen LogP contribution in [0.15, 0.2) is 60.7 Å². The van der Waals surface area contributed by atoms with Crippen molar-refractivity contribution in [2.75, 3.05) is 0 Å². The van der Waals surface area contributed by atoms with Crippen LogP contribution in [0.2, 0.25) is 0 Å². The van der Waals surface area contributed by atoms with Crippen molar-refractivity contribution in [3.05, 3.63) is 71.8 Å². The zero-order chi connectivity index (χ0) is 19.8. The van der Waals surface area contributed by atoms with E-state index in [1.54, 1.807) is 0 Å². The van der Waals surface area contributed by atoms with E-state index in [0.29, 0.717) is 24.2 Å². The van der Waals surface area contributed by atoms with E-state index < -0.39 is 5.97 Å². The number of rotatable bonds is 10. The van der Waals surface area contributed by atoms with Gasteiger partial charge in [0.05, 0.1) is 5.92 Å². The SMILES string of the molecule is CC(C)C(CCc1ccccc1)C(C(C)C)C(Cc1ccccc1)C(=O)O. The van der Waals surface area contributed by atoms with Crippen LogP contribution in [0, 0.1) is 29.6 Å². The van der Waals surface area contributed by atoms with E-state index in [0.717, 1.165) is 18.4 Å². The molecule has 0 heterocycles. The van der Waals surface area contributed by atoms with Crippen molar-refractivity contribution in [3.8, 4) is 0 Å². The fourth-order valence-corrected chi connectivity index (χ4v) is 4.46. The second-order valence-electron chi connectivity index (χ2n) is 8.39. The smallest absolute Gasteiger partial charge is 0.307 e. The molecule has 2 aromatic rings. The monoisotopic (exact) mass is 366 g/mol. The summed E-state index contributed by atoms with van der Waals surface area (Å²) < 4.78 is 0. The molecular weight excluding hydrogens is 332 g/mol. The van der Waals surface area contributed by atoms with Crippen molar-refractivity contribution in [1.82, 2.24) is 0 Å². The Morgan fingerprint density at radius 1 is 0.815 bits per heavy atom. The van der Waals surface area contributed by atoms with Gasteiger partial charge in [-0.2, -0.15) is 0 Å². The van der Waals surface area contributed by atoms with Gasteiger partial charge in [0.15, 0.2) is 0 Å². The lowest BCUT2D eigenvalue weighted by Gasteiger charge is -2.37. The van der Waals surface area contributed by atoms with E-state index in [2.05, 4.69) is 52.0 Å². The van der Waals surface area contributed by atoms with Crippen molar-refractivity contribution in [3.63, 3.8) is 0 Å². The van der Waals surface area contributed by atoms with Gasteiger partial charge in [0.25, 0.3) is 0 Å². The molecule has 146 valence electrons. The predicted molar refractivity (Wildman–Crippen MR) is 113 cm³/mol. The van der Waals surface area contributed by atoms with Crippen molar-refractivity contribution in [1.29, 1.82) is 0 Å². The van der Waals surface area contributed by atoms with E-state index in [9.17, 15) is 9.90 Å². The van der Waals surface area contributed by atoms with Crippen molar-refractivity contribution >= 4 is 5.97 Å². The van der Waals surface area contributed by atoms with Gasteiger partial charge in [-0.1, -0.05) is 88.4 Å². The number of aliphatic carboxylic acids is 1. The number of hydrogen-bond donors (Lipinski definition) is 1. The van der Waals surface area contributed by atoms with Gasteiger partial charge in [-0.05, 0) is 54.1 Å². The van der Waals surface area contributed by atoms with Crippen LogP contribution in [-0.2, 0) is 17.6 Å². The van der Waals surface area contributed by atoms with Crippen LogP contribution >= 0.6 is 0 Å². The summed E-state index contributed by atoms with van der Waals surface area (Å²) in [5, 5.41) is 10.1. The van der Waals surface area contributed by atoms with Gasteiger partial charge in [0, 0.05) is 0 Å². The number of carboxylic acid groups (broad SMARTS) is 1. The topological polar surface area (TPSA) is 37.3 Å².